The lowest BCUT2D eigenvalue weighted by atomic mass is 9.86. The minimum Gasteiger partial charge on any atom is -0.321 e. The third-order valence-corrected chi connectivity index (χ3v) is 3.74. The molecule has 0 aliphatic rings. The van der Waals surface area contributed by atoms with Gasteiger partial charge in [0.1, 0.15) is 11.6 Å². The molecule has 0 aliphatic heterocycles. The van der Waals surface area contributed by atoms with E-state index in [1.54, 1.807) is 25.1 Å². The molecule has 0 saturated carbocycles. The molecular weight excluding hydrogens is 303 g/mol. The number of benzene rings is 2. The van der Waals surface area contributed by atoms with Crippen LogP contribution in [0.5, 0.6) is 0 Å². The Morgan fingerprint density at radius 3 is 2.35 bits per heavy atom. The highest BCUT2D eigenvalue weighted by molar-refractivity contribution is 6.35. The lowest BCUT2D eigenvalue weighted by Gasteiger charge is -2.27. The van der Waals surface area contributed by atoms with Crippen molar-refractivity contribution in [3.05, 3.63) is 69.2 Å². The summed E-state index contributed by atoms with van der Waals surface area (Å²) in [5.74, 6) is -0.953. The van der Waals surface area contributed by atoms with Crippen LogP contribution in [0.3, 0.4) is 0 Å². The average Bonchev–Trinajstić information content (AvgIpc) is 2.36. The molecule has 0 amide bonds. The summed E-state index contributed by atoms with van der Waals surface area (Å²) in [6.07, 6.45) is 0.195. The first-order chi connectivity index (χ1) is 9.31. The summed E-state index contributed by atoms with van der Waals surface area (Å²) < 4.78 is 27.3. The molecule has 0 spiro atoms. The maximum atomic E-state index is 13.7. The third kappa shape index (κ3) is 3.11. The molecule has 2 aromatic carbocycles. The molecule has 2 N–H and O–H groups in total. The van der Waals surface area contributed by atoms with Crippen molar-refractivity contribution in [2.24, 2.45) is 5.73 Å². The van der Waals surface area contributed by atoms with Crippen LogP contribution in [0.4, 0.5) is 8.78 Å². The number of halogens is 4. The van der Waals surface area contributed by atoms with Gasteiger partial charge in [-0.15, -0.1) is 0 Å². The second-order valence-corrected chi connectivity index (χ2v) is 5.75. The number of nitrogens with two attached hydrogens (primary N) is 1. The van der Waals surface area contributed by atoms with E-state index in [-0.39, 0.29) is 22.3 Å². The second-order valence-electron chi connectivity index (χ2n) is 4.93. The molecule has 0 aliphatic carbocycles. The Morgan fingerprint density at radius 2 is 1.70 bits per heavy atom. The minimum absolute atomic E-state index is 0.0690. The largest absolute Gasteiger partial charge is 0.321 e. The van der Waals surface area contributed by atoms with Crippen molar-refractivity contribution < 1.29 is 8.78 Å². The van der Waals surface area contributed by atoms with Crippen molar-refractivity contribution in [3.8, 4) is 0 Å². The summed E-state index contributed by atoms with van der Waals surface area (Å²) in [7, 11) is 0. The Morgan fingerprint density at radius 1 is 1.05 bits per heavy atom. The highest BCUT2D eigenvalue weighted by Crippen LogP contribution is 2.33. The van der Waals surface area contributed by atoms with Gasteiger partial charge in [0.25, 0.3) is 0 Å². The molecule has 0 fully saturated rings. The first-order valence-electron chi connectivity index (χ1n) is 5.98. The zero-order chi connectivity index (χ0) is 14.9. The molecule has 0 heterocycles. The summed E-state index contributed by atoms with van der Waals surface area (Å²) in [5.41, 5.74) is 6.03. The molecule has 0 radical (unpaired) electrons. The first kappa shape index (κ1) is 15.2. The molecule has 0 bridgehead atoms. The van der Waals surface area contributed by atoms with Crippen molar-refractivity contribution in [3.63, 3.8) is 0 Å². The van der Waals surface area contributed by atoms with Crippen LogP contribution >= 0.6 is 23.2 Å². The summed E-state index contributed by atoms with van der Waals surface area (Å²) in [5, 5.41) is 0.193. The van der Waals surface area contributed by atoms with Gasteiger partial charge >= 0.3 is 0 Å². The van der Waals surface area contributed by atoms with Gasteiger partial charge in [0.15, 0.2) is 0 Å². The molecule has 2 aromatic rings. The van der Waals surface area contributed by atoms with Gasteiger partial charge in [0, 0.05) is 10.6 Å². The van der Waals surface area contributed by atoms with Crippen molar-refractivity contribution in [2.75, 3.05) is 0 Å². The van der Waals surface area contributed by atoms with E-state index in [0.29, 0.717) is 11.1 Å². The van der Waals surface area contributed by atoms with Gasteiger partial charge in [0.2, 0.25) is 0 Å². The summed E-state index contributed by atoms with van der Waals surface area (Å²) in [4.78, 5) is 0. The van der Waals surface area contributed by atoms with E-state index in [1.165, 1.54) is 18.2 Å². The molecule has 1 nitrogen and oxygen atoms in total. The van der Waals surface area contributed by atoms with Crippen LogP contribution in [0.15, 0.2) is 36.4 Å². The standard InChI is InChI=1S/C15H13Cl2F2N/c1-15(20,8-9-4-2-3-5-13(9)18)10-6-14(19)12(17)7-11(10)16/h2-7H,8,20H2,1H3. The van der Waals surface area contributed by atoms with E-state index in [1.807, 2.05) is 0 Å². The zero-order valence-corrected chi connectivity index (χ0v) is 12.3. The van der Waals surface area contributed by atoms with E-state index in [9.17, 15) is 8.78 Å². The topological polar surface area (TPSA) is 26.0 Å². The molecule has 0 aromatic heterocycles. The van der Waals surface area contributed by atoms with E-state index < -0.39 is 11.4 Å². The van der Waals surface area contributed by atoms with Crippen LogP contribution in [0.25, 0.3) is 0 Å². The maximum absolute atomic E-state index is 13.7. The Hall–Kier alpha value is -1.16. The van der Waals surface area contributed by atoms with Gasteiger partial charge in [-0.25, -0.2) is 8.78 Å². The number of hydrogen-bond acceptors (Lipinski definition) is 1. The van der Waals surface area contributed by atoms with Gasteiger partial charge in [-0.3, -0.25) is 0 Å². The Kier molecular flexibility index (Phi) is 4.33. The van der Waals surface area contributed by atoms with E-state index >= 15 is 0 Å². The van der Waals surface area contributed by atoms with Gasteiger partial charge in [0.05, 0.1) is 5.02 Å². The van der Waals surface area contributed by atoms with Gasteiger partial charge in [-0.05, 0) is 42.7 Å². The molecule has 0 saturated heterocycles. The Balaban J connectivity index is 2.40. The fourth-order valence-corrected chi connectivity index (χ4v) is 2.69. The van der Waals surface area contributed by atoms with Crippen LogP contribution < -0.4 is 5.73 Å². The molecule has 5 heteroatoms. The summed E-state index contributed by atoms with van der Waals surface area (Å²) >= 11 is 11.7. The predicted molar refractivity (Wildman–Crippen MR) is 78.1 cm³/mol. The van der Waals surface area contributed by atoms with Crippen molar-refractivity contribution >= 4 is 23.2 Å². The molecule has 1 unspecified atom stereocenters. The Bertz CT molecular complexity index is 642. The molecule has 1 atom stereocenters. The van der Waals surface area contributed by atoms with Crippen LogP contribution in [0.2, 0.25) is 10.0 Å². The van der Waals surface area contributed by atoms with Gasteiger partial charge in [-0.1, -0.05) is 41.4 Å². The minimum atomic E-state index is -1.01. The van der Waals surface area contributed by atoms with Crippen molar-refractivity contribution in [2.45, 2.75) is 18.9 Å². The zero-order valence-electron chi connectivity index (χ0n) is 10.8. The number of hydrogen-bond donors (Lipinski definition) is 1. The lowest BCUT2D eigenvalue weighted by molar-refractivity contribution is 0.472. The second kappa shape index (κ2) is 5.68. The van der Waals surface area contributed by atoms with Crippen molar-refractivity contribution in [1.29, 1.82) is 0 Å². The average molecular weight is 316 g/mol. The van der Waals surface area contributed by atoms with E-state index in [0.717, 1.165) is 0 Å². The monoisotopic (exact) mass is 315 g/mol. The third-order valence-electron chi connectivity index (χ3n) is 3.14. The van der Waals surface area contributed by atoms with E-state index in [2.05, 4.69) is 0 Å². The maximum Gasteiger partial charge on any atom is 0.142 e. The summed E-state index contributed by atoms with van der Waals surface area (Å²) in [6, 6.07) is 8.82. The number of rotatable bonds is 3. The highest BCUT2D eigenvalue weighted by atomic mass is 35.5. The fourth-order valence-electron chi connectivity index (χ4n) is 2.09. The molecule has 20 heavy (non-hydrogen) atoms. The first-order valence-corrected chi connectivity index (χ1v) is 6.74. The van der Waals surface area contributed by atoms with E-state index in [4.69, 9.17) is 28.9 Å². The SMILES string of the molecule is CC(N)(Cc1ccccc1F)c1cc(F)c(Cl)cc1Cl. The van der Waals surface area contributed by atoms with Crippen LogP contribution in [-0.4, -0.2) is 0 Å². The summed E-state index contributed by atoms with van der Waals surface area (Å²) in [6.45, 7) is 1.67. The van der Waals surface area contributed by atoms with Gasteiger partial charge < -0.3 is 5.73 Å². The quantitative estimate of drug-likeness (QED) is 0.817. The molecular formula is C15H13Cl2F2N. The Labute approximate surface area is 126 Å². The van der Waals surface area contributed by atoms with Crippen molar-refractivity contribution in [1.82, 2.24) is 0 Å². The lowest BCUT2D eigenvalue weighted by Crippen LogP contribution is -2.36. The molecule has 106 valence electrons. The van der Waals surface area contributed by atoms with Crippen LogP contribution in [0, 0.1) is 11.6 Å². The normalized spacial score (nSPS) is 14.1. The van der Waals surface area contributed by atoms with Crippen LogP contribution in [-0.2, 0) is 12.0 Å². The fraction of sp³-hybridized carbons (Fsp3) is 0.200. The molecule has 2 rings (SSSR count). The predicted octanol–water partition coefficient (Wildman–Crippen LogP) is 4.69. The van der Waals surface area contributed by atoms with Gasteiger partial charge in [-0.2, -0.15) is 0 Å². The highest BCUT2D eigenvalue weighted by Gasteiger charge is 2.27. The smallest absolute Gasteiger partial charge is 0.142 e. The van der Waals surface area contributed by atoms with Crippen LogP contribution in [0.1, 0.15) is 18.1 Å².